The van der Waals surface area contributed by atoms with E-state index in [1.165, 1.54) is 116 Å². The number of amides is 1. The lowest BCUT2D eigenvalue weighted by molar-refractivity contribution is -0.870. The van der Waals surface area contributed by atoms with Crippen LogP contribution in [0, 0.1) is 0 Å². The monoisotopic (exact) mass is 1030 g/mol. The molecular formula is C62H112N2O7P+. The van der Waals surface area contributed by atoms with E-state index in [4.69, 9.17) is 13.8 Å². The highest BCUT2D eigenvalue weighted by Gasteiger charge is 2.30. The van der Waals surface area contributed by atoms with Gasteiger partial charge in [0.1, 0.15) is 19.3 Å². The van der Waals surface area contributed by atoms with Gasteiger partial charge in [-0.1, -0.05) is 235 Å². The van der Waals surface area contributed by atoms with Crippen molar-refractivity contribution in [3.8, 4) is 0 Å². The van der Waals surface area contributed by atoms with Gasteiger partial charge in [-0.25, -0.2) is 4.57 Å². The maximum absolute atomic E-state index is 13.5. The molecule has 0 rings (SSSR count). The van der Waals surface area contributed by atoms with Crippen molar-refractivity contribution in [3.05, 3.63) is 85.1 Å². The van der Waals surface area contributed by atoms with Crippen LogP contribution in [0.1, 0.15) is 245 Å². The SMILES string of the molecule is CC/C=C\C/C=C\C/C=C\C/C=C\C/C=C\C/C=C\CCCCC(=O)OC(/C=C/CCCCCCCCCCC)C(COP(=O)(O)OCC[N+](C)(C)C)NC(=O)CCCCCCCCCCCCCCCC. The number of likely N-dealkylation sites (N-methyl/N-ethyl adjacent to an activating group) is 1. The highest BCUT2D eigenvalue weighted by molar-refractivity contribution is 7.47. The van der Waals surface area contributed by atoms with Crippen LogP contribution >= 0.6 is 7.82 Å². The Kier molecular flexibility index (Phi) is 49.6. The first kappa shape index (κ1) is 69.2. The fourth-order valence-electron chi connectivity index (χ4n) is 8.06. The minimum Gasteiger partial charge on any atom is -0.456 e. The number of nitrogens with zero attached hydrogens (tertiary/aromatic N) is 1. The molecule has 72 heavy (non-hydrogen) atoms. The van der Waals surface area contributed by atoms with Crippen LogP contribution in [0.2, 0.25) is 0 Å². The third-order valence-corrected chi connectivity index (χ3v) is 13.6. The van der Waals surface area contributed by atoms with Crippen molar-refractivity contribution in [3.63, 3.8) is 0 Å². The molecule has 0 aromatic rings. The summed E-state index contributed by atoms with van der Waals surface area (Å²) in [6.45, 7) is 6.86. The summed E-state index contributed by atoms with van der Waals surface area (Å²) in [5.41, 5.74) is 0. The molecule has 0 fully saturated rings. The third-order valence-electron chi connectivity index (χ3n) is 12.6. The Bertz CT molecular complexity index is 1510. The Labute approximate surface area is 444 Å². The number of rotatable bonds is 52. The van der Waals surface area contributed by atoms with E-state index >= 15 is 0 Å². The lowest BCUT2D eigenvalue weighted by atomic mass is 10.0. The number of carbonyl (C=O) groups excluding carboxylic acids is 2. The Morgan fingerprint density at radius 2 is 0.889 bits per heavy atom. The molecule has 0 aliphatic rings. The highest BCUT2D eigenvalue weighted by Crippen LogP contribution is 2.43. The van der Waals surface area contributed by atoms with E-state index in [0.717, 1.165) is 89.9 Å². The first-order valence-corrected chi connectivity index (χ1v) is 30.9. The van der Waals surface area contributed by atoms with Crippen LogP contribution in [0.4, 0.5) is 0 Å². The second-order valence-corrected chi connectivity index (χ2v) is 22.2. The van der Waals surface area contributed by atoms with Gasteiger partial charge in [-0.3, -0.25) is 18.6 Å². The van der Waals surface area contributed by atoms with Crippen LogP contribution in [0.5, 0.6) is 0 Å². The summed E-state index contributed by atoms with van der Waals surface area (Å²) in [5, 5.41) is 3.04. The molecule has 1 amide bonds. The number of hydrogen-bond acceptors (Lipinski definition) is 6. The number of phosphoric acid groups is 1. The second kappa shape index (κ2) is 51.7. The molecule has 3 atom stereocenters. The van der Waals surface area contributed by atoms with Crippen molar-refractivity contribution in [2.24, 2.45) is 0 Å². The van der Waals surface area contributed by atoms with Crippen molar-refractivity contribution in [1.29, 1.82) is 0 Å². The van der Waals surface area contributed by atoms with Gasteiger partial charge in [0.2, 0.25) is 5.91 Å². The van der Waals surface area contributed by atoms with E-state index in [-0.39, 0.29) is 31.5 Å². The number of unbranched alkanes of at least 4 members (excludes halogenated alkanes) is 24. The zero-order valence-electron chi connectivity index (χ0n) is 47.4. The Morgan fingerprint density at radius 1 is 0.500 bits per heavy atom. The van der Waals surface area contributed by atoms with Gasteiger partial charge in [0.25, 0.3) is 0 Å². The molecule has 9 nitrogen and oxygen atoms in total. The lowest BCUT2D eigenvalue weighted by Crippen LogP contribution is -2.47. The number of nitrogens with one attached hydrogen (secondary N) is 1. The zero-order valence-corrected chi connectivity index (χ0v) is 48.3. The number of allylic oxidation sites excluding steroid dienone is 13. The smallest absolute Gasteiger partial charge is 0.456 e. The lowest BCUT2D eigenvalue weighted by Gasteiger charge is -2.27. The number of carbonyl (C=O) groups is 2. The molecule has 0 saturated heterocycles. The summed E-state index contributed by atoms with van der Waals surface area (Å²) < 4.78 is 30.6. The van der Waals surface area contributed by atoms with Crippen LogP contribution in [0.15, 0.2) is 85.1 Å². The number of esters is 1. The molecule has 10 heteroatoms. The minimum atomic E-state index is -4.46. The molecule has 2 N–H and O–H groups in total. The van der Waals surface area contributed by atoms with Crippen LogP contribution in [0.3, 0.4) is 0 Å². The molecule has 0 bridgehead atoms. The van der Waals surface area contributed by atoms with Gasteiger partial charge in [-0.15, -0.1) is 0 Å². The molecular weight excluding hydrogens is 916 g/mol. The van der Waals surface area contributed by atoms with E-state index in [2.05, 4.69) is 99.0 Å². The van der Waals surface area contributed by atoms with Crippen LogP contribution < -0.4 is 5.32 Å². The summed E-state index contributed by atoms with van der Waals surface area (Å²) in [6.07, 6.45) is 67.2. The van der Waals surface area contributed by atoms with Crippen LogP contribution in [0.25, 0.3) is 0 Å². The summed E-state index contributed by atoms with van der Waals surface area (Å²) in [7, 11) is 1.47. The first-order valence-electron chi connectivity index (χ1n) is 29.4. The van der Waals surface area contributed by atoms with E-state index in [1.54, 1.807) is 0 Å². The fourth-order valence-corrected chi connectivity index (χ4v) is 8.80. The van der Waals surface area contributed by atoms with Gasteiger partial charge in [-0.05, 0) is 83.1 Å². The van der Waals surface area contributed by atoms with Crippen LogP contribution in [-0.2, 0) is 27.9 Å². The molecule has 0 aliphatic heterocycles. The Morgan fingerprint density at radius 3 is 1.35 bits per heavy atom. The van der Waals surface area contributed by atoms with Gasteiger partial charge in [0.05, 0.1) is 33.8 Å². The largest absolute Gasteiger partial charge is 0.472 e. The predicted octanol–water partition coefficient (Wildman–Crippen LogP) is 17.8. The van der Waals surface area contributed by atoms with Crippen molar-refractivity contribution in [2.75, 3.05) is 40.9 Å². The predicted molar refractivity (Wildman–Crippen MR) is 309 cm³/mol. The summed E-state index contributed by atoms with van der Waals surface area (Å²) >= 11 is 0. The molecule has 0 saturated carbocycles. The number of ether oxygens (including phenoxy) is 1. The van der Waals surface area contributed by atoms with Gasteiger partial charge < -0.3 is 19.4 Å². The van der Waals surface area contributed by atoms with Crippen molar-refractivity contribution < 1.29 is 37.3 Å². The van der Waals surface area contributed by atoms with Gasteiger partial charge in [0, 0.05) is 12.8 Å². The van der Waals surface area contributed by atoms with Gasteiger partial charge >= 0.3 is 13.8 Å². The zero-order chi connectivity index (χ0) is 52.9. The standard InChI is InChI=1S/C62H111N2O7P/c1-7-10-13-16-19-22-25-27-29-30-31-32-33-34-35-37-40-43-46-49-52-55-62(66)71-60(53-50-47-44-41-38-24-21-18-15-12-9-3)59(58-70-72(67,68)69-57-56-64(4,5)6)63-61(65)54-51-48-45-42-39-36-28-26-23-20-17-14-11-8-2/h10,13,19,22,27,29,31-32,34-35,40,43,50,53,59-60H,7-9,11-12,14-18,20-21,23-26,28,30,33,36-39,41-42,44-49,51-52,54-58H2,1-6H3,(H-,63,65,67,68)/p+1/b13-10-,22-19-,29-27-,32-31-,35-34-,43-40-,53-50+. The summed E-state index contributed by atoms with van der Waals surface area (Å²) in [4.78, 5) is 37.6. The second-order valence-electron chi connectivity index (χ2n) is 20.8. The molecule has 0 heterocycles. The first-order chi connectivity index (χ1) is 34.9. The molecule has 0 aliphatic carbocycles. The molecule has 0 aromatic carbocycles. The van der Waals surface area contributed by atoms with Crippen molar-refractivity contribution in [1.82, 2.24) is 5.32 Å². The minimum absolute atomic E-state index is 0.0308. The fraction of sp³-hybridized carbons (Fsp3) is 0.742. The van der Waals surface area contributed by atoms with Crippen molar-refractivity contribution in [2.45, 2.75) is 258 Å². The molecule has 0 aromatic heterocycles. The average molecular weight is 1030 g/mol. The maximum atomic E-state index is 13.5. The summed E-state index contributed by atoms with van der Waals surface area (Å²) in [5.74, 6) is -0.556. The van der Waals surface area contributed by atoms with Crippen molar-refractivity contribution >= 4 is 19.7 Å². The van der Waals surface area contributed by atoms with E-state index in [9.17, 15) is 19.0 Å². The van der Waals surface area contributed by atoms with E-state index in [1.807, 2.05) is 33.3 Å². The number of phosphoric ester groups is 1. The average Bonchev–Trinajstić information content (AvgIpc) is 3.34. The normalized spacial score (nSPS) is 14.4. The maximum Gasteiger partial charge on any atom is 0.472 e. The molecule has 0 spiro atoms. The topological polar surface area (TPSA) is 111 Å². The third kappa shape index (κ3) is 52.1. The number of hydrogen-bond donors (Lipinski definition) is 2. The van der Waals surface area contributed by atoms with Gasteiger partial charge in [-0.2, -0.15) is 0 Å². The molecule has 0 radical (unpaired) electrons. The van der Waals surface area contributed by atoms with Gasteiger partial charge in [0.15, 0.2) is 0 Å². The number of quaternary nitrogens is 1. The quantitative estimate of drug-likeness (QED) is 0.0205. The Hall–Kier alpha value is -2.81. The van der Waals surface area contributed by atoms with E-state index in [0.29, 0.717) is 23.9 Å². The Balaban J connectivity index is 5.35. The van der Waals surface area contributed by atoms with Crippen LogP contribution in [-0.4, -0.2) is 74.3 Å². The van der Waals surface area contributed by atoms with E-state index < -0.39 is 20.0 Å². The summed E-state index contributed by atoms with van der Waals surface area (Å²) in [6, 6.07) is -0.867. The molecule has 3 unspecified atom stereocenters. The highest BCUT2D eigenvalue weighted by atomic mass is 31.2. The molecule has 416 valence electrons.